The lowest BCUT2D eigenvalue weighted by atomic mass is 9.92. The Morgan fingerprint density at radius 3 is 3.20 bits per heavy atom. The zero-order valence-corrected chi connectivity index (χ0v) is 8.23. The number of nitrogens with one attached hydrogen (secondary N) is 1. The van der Waals surface area contributed by atoms with E-state index in [4.69, 9.17) is 10.8 Å². The number of carboxylic acid groups (broad SMARTS) is 1. The topological polar surface area (TPSA) is 88.2 Å². The molecule has 1 unspecified atom stereocenters. The van der Waals surface area contributed by atoms with Crippen molar-refractivity contribution in [3.8, 4) is 0 Å². The van der Waals surface area contributed by atoms with Crippen LogP contribution < -0.4 is 11.1 Å². The highest BCUT2D eigenvalue weighted by Gasteiger charge is 2.20. The largest absolute Gasteiger partial charge is 0.465 e. The Balaban J connectivity index is 2.13. The highest BCUT2D eigenvalue weighted by molar-refractivity contribution is 5.65. The summed E-state index contributed by atoms with van der Waals surface area (Å²) in [5.74, 6) is 0. The van der Waals surface area contributed by atoms with E-state index in [1.54, 1.807) is 6.20 Å². The van der Waals surface area contributed by atoms with Crippen LogP contribution in [0.25, 0.3) is 0 Å². The van der Waals surface area contributed by atoms with Crippen molar-refractivity contribution >= 4 is 11.8 Å². The molecule has 1 aromatic rings. The van der Waals surface area contributed by atoms with Gasteiger partial charge in [0.1, 0.15) is 0 Å². The zero-order valence-electron chi connectivity index (χ0n) is 8.23. The van der Waals surface area contributed by atoms with Crippen molar-refractivity contribution in [1.29, 1.82) is 0 Å². The van der Waals surface area contributed by atoms with Crippen molar-refractivity contribution in [1.82, 2.24) is 10.3 Å². The van der Waals surface area contributed by atoms with E-state index < -0.39 is 6.09 Å². The van der Waals surface area contributed by atoms with E-state index in [1.807, 2.05) is 6.07 Å². The minimum Gasteiger partial charge on any atom is -0.465 e. The maximum Gasteiger partial charge on any atom is 0.404 e. The molecule has 1 heterocycles. The van der Waals surface area contributed by atoms with Gasteiger partial charge < -0.3 is 16.2 Å². The number of pyridine rings is 1. The molecule has 4 N–H and O–H groups in total. The summed E-state index contributed by atoms with van der Waals surface area (Å²) in [5, 5.41) is 11.1. The number of carbonyl (C=O) groups is 1. The second-order valence-electron chi connectivity index (χ2n) is 3.76. The lowest BCUT2D eigenvalue weighted by molar-refractivity contribution is 0.188. The predicted octanol–water partition coefficient (Wildman–Crippen LogP) is 0.789. The fraction of sp³-hybridized carbons (Fsp3) is 0.400. The molecular formula is C10H13N3O2. The van der Waals surface area contributed by atoms with Gasteiger partial charge in [0, 0.05) is 18.2 Å². The normalized spacial score (nSPS) is 19.3. The second-order valence-corrected chi connectivity index (χ2v) is 3.76. The van der Waals surface area contributed by atoms with E-state index in [-0.39, 0.29) is 6.04 Å². The fourth-order valence-corrected chi connectivity index (χ4v) is 1.92. The van der Waals surface area contributed by atoms with E-state index in [9.17, 15) is 4.79 Å². The average molecular weight is 207 g/mol. The highest BCUT2D eigenvalue weighted by Crippen LogP contribution is 2.21. The maximum absolute atomic E-state index is 10.5. The van der Waals surface area contributed by atoms with Crippen LogP contribution in [-0.2, 0) is 12.8 Å². The first-order chi connectivity index (χ1) is 7.15. The SMILES string of the molecule is Nc1cnc2c(c1)CCC(NC(=O)O)C2. The summed E-state index contributed by atoms with van der Waals surface area (Å²) in [6.45, 7) is 0. The number of aromatic nitrogens is 1. The van der Waals surface area contributed by atoms with E-state index in [0.717, 1.165) is 24.1 Å². The van der Waals surface area contributed by atoms with Crippen molar-refractivity contribution in [2.75, 3.05) is 5.73 Å². The number of nitrogen functional groups attached to an aromatic ring is 1. The number of aryl methyl sites for hydroxylation is 1. The third-order valence-corrected chi connectivity index (χ3v) is 2.61. The molecule has 5 nitrogen and oxygen atoms in total. The average Bonchev–Trinajstić information content (AvgIpc) is 2.17. The summed E-state index contributed by atoms with van der Waals surface area (Å²) in [5.41, 5.74) is 8.38. The van der Waals surface area contributed by atoms with E-state index >= 15 is 0 Å². The van der Waals surface area contributed by atoms with Gasteiger partial charge >= 0.3 is 6.09 Å². The Morgan fingerprint density at radius 1 is 1.67 bits per heavy atom. The molecule has 5 heteroatoms. The molecule has 0 saturated carbocycles. The molecule has 2 rings (SSSR count). The van der Waals surface area contributed by atoms with Crippen LogP contribution in [0.5, 0.6) is 0 Å². The number of fused-ring (bicyclic) bond motifs is 1. The fourth-order valence-electron chi connectivity index (χ4n) is 1.92. The van der Waals surface area contributed by atoms with Crippen molar-refractivity contribution in [2.24, 2.45) is 0 Å². The van der Waals surface area contributed by atoms with Gasteiger partial charge in [-0.3, -0.25) is 4.98 Å². The first kappa shape index (κ1) is 9.76. The van der Waals surface area contributed by atoms with Crippen LogP contribution in [0.2, 0.25) is 0 Å². The minimum atomic E-state index is -0.973. The van der Waals surface area contributed by atoms with Crippen LogP contribution in [0, 0.1) is 0 Å². The number of hydrogen-bond donors (Lipinski definition) is 3. The summed E-state index contributed by atoms with van der Waals surface area (Å²) < 4.78 is 0. The van der Waals surface area contributed by atoms with Crippen LogP contribution in [0.4, 0.5) is 10.5 Å². The molecule has 15 heavy (non-hydrogen) atoms. The third-order valence-electron chi connectivity index (χ3n) is 2.61. The lowest BCUT2D eigenvalue weighted by Gasteiger charge is -2.23. The number of anilines is 1. The number of nitrogens with two attached hydrogens (primary N) is 1. The summed E-state index contributed by atoms with van der Waals surface area (Å²) in [6, 6.07) is 1.89. The Labute approximate surface area is 87.3 Å². The molecule has 0 bridgehead atoms. The van der Waals surface area contributed by atoms with Crippen LogP contribution in [0.15, 0.2) is 12.3 Å². The van der Waals surface area contributed by atoms with Gasteiger partial charge in [0.05, 0.1) is 11.9 Å². The Kier molecular flexibility index (Phi) is 2.45. The standard InChI is InChI=1S/C10H13N3O2/c11-7-3-6-1-2-8(13-10(14)15)4-9(6)12-5-7/h3,5,8,13H,1-2,4,11H2,(H,14,15). The quantitative estimate of drug-likeness (QED) is 0.635. The molecule has 1 atom stereocenters. The maximum atomic E-state index is 10.5. The molecule has 0 aliphatic heterocycles. The predicted molar refractivity (Wildman–Crippen MR) is 55.6 cm³/mol. The zero-order chi connectivity index (χ0) is 10.8. The minimum absolute atomic E-state index is 0.0221. The summed E-state index contributed by atoms with van der Waals surface area (Å²) in [4.78, 5) is 14.7. The van der Waals surface area contributed by atoms with Crippen molar-refractivity contribution in [3.63, 3.8) is 0 Å². The Hall–Kier alpha value is -1.78. The second kappa shape index (κ2) is 3.76. The lowest BCUT2D eigenvalue weighted by Crippen LogP contribution is -2.38. The van der Waals surface area contributed by atoms with Gasteiger partial charge in [-0.1, -0.05) is 0 Å². The summed E-state index contributed by atoms with van der Waals surface area (Å²) in [7, 11) is 0. The first-order valence-electron chi connectivity index (χ1n) is 4.88. The van der Waals surface area contributed by atoms with Crippen LogP contribution >= 0.6 is 0 Å². The number of hydrogen-bond acceptors (Lipinski definition) is 3. The van der Waals surface area contributed by atoms with Gasteiger partial charge in [-0.25, -0.2) is 4.79 Å². The van der Waals surface area contributed by atoms with E-state index in [0.29, 0.717) is 12.1 Å². The molecule has 0 aromatic carbocycles. The van der Waals surface area contributed by atoms with Gasteiger partial charge in [0.2, 0.25) is 0 Å². The van der Waals surface area contributed by atoms with Gasteiger partial charge in [0.25, 0.3) is 0 Å². The smallest absolute Gasteiger partial charge is 0.404 e. The molecular weight excluding hydrogens is 194 g/mol. The first-order valence-corrected chi connectivity index (χ1v) is 4.88. The molecule has 1 aromatic heterocycles. The van der Waals surface area contributed by atoms with E-state index in [1.165, 1.54) is 0 Å². The van der Waals surface area contributed by atoms with Gasteiger partial charge in [-0.05, 0) is 24.5 Å². The molecule has 0 fully saturated rings. The molecule has 1 amide bonds. The molecule has 80 valence electrons. The molecule has 0 saturated heterocycles. The monoisotopic (exact) mass is 207 g/mol. The Bertz CT molecular complexity index is 392. The van der Waals surface area contributed by atoms with Crippen molar-refractivity contribution < 1.29 is 9.90 Å². The summed E-state index contributed by atoms with van der Waals surface area (Å²) in [6.07, 6.45) is 2.94. The van der Waals surface area contributed by atoms with E-state index in [2.05, 4.69) is 10.3 Å². The number of rotatable bonds is 1. The van der Waals surface area contributed by atoms with Crippen molar-refractivity contribution in [2.45, 2.75) is 25.3 Å². The van der Waals surface area contributed by atoms with Crippen LogP contribution in [0.3, 0.4) is 0 Å². The highest BCUT2D eigenvalue weighted by atomic mass is 16.4. The van der Waals surface area contributed by atoms with Crippen LogP contribution in [-0.4, -0.2) is 22.2 Å². The van der Waals surface area contributed by atoms with Gasteiger partial charge in [0.15, 0.2) is 0 Å². The number of nitrogens with zero attached hydrogens (tertiary/aromatic N) is 1. The molecule has 1 aliphatic rings. The van der Waals surface area contributed by atoms with Crippen LogP contribution in [0.1, 0.15) is 17.7 Å². The third kappa shape index (κ3) is 2.18. The molecule has 0 spiro atoms. The molecule has 1 aliphatic carbocycles. The number of amides is 1. The Morgan fingerprint density at radius 2 is 2.47 bits per heavy atom. The summed E-state index contributed by atoms with van der Waals surface area (Å²) >= 11 is 0. The van der Waals surface area contributed by atoms with Crippen molar-refractivity contribution in [3.05, 3.63) is 23.5 Å². The molecule has 0 radical (unpaired) electrons. The van der Waals surface area contributed by atoms with Gasteiger partial charge in [-0.2, -0.15) is 0 Å². The van der Waals surface area contributed by atoms with Gasteiger partial charge in [-0.15, -0.1) is 0 Å².